The van der Waals surface area contributed by atoms with Crippen LogP contribution in [0.3, 0.4) is 0 Å². The standard InChI is InChI=1S/C21H24/c1-2-3-4-5-10-17-11-6-8-13-19(17)21-16-15-18-12-7-9-14-20(18)21/h6-9,11-16,21H,2-5,10H2,1H3. The molecule has 0 saturated carbocycles. The Morgan fingerprint density at radius 2 is 1.57 bits per heavy atom. The number of aryl methyl sites for hydroxylation is 1. The van der Waals surface area contributed by atoms with Crippen LogP contribution in [0.4, 0.5) is 0 Å². The van der Waals surface area contributed by atoms with Crippen molar-refractivity contribution >= 4 is 6.08 Å². The lowest BCUT2D eigenvalue weighted by Crippen LogP contribution is -2.01. The number of rotatable bonds is 6. The third-order valence-corrected chi connectivity index (χ3v) is 4.49. The molecule has 0 fully saturated rings. The Hall–Kier alpha value is -1.82. The Morgan fingerprint density at radius 3 is 2.43 bits per heavy atom. The number of hydrogen-bond acceptors (Lipinski definition) is 0. The summed E-state index contributed by atoms with van der Waals surface area (Å²) in [5.41, 5.74) is 5.86. The summed E-state index contributed by atoms with van der Waals surface area (Å²) in [6, 6.07) is 17.8. The van der Waals surface area contributed by atoms with Crippen LogP contribution in [0.15, 0.2) is 54.6 Å². The Labute approximate surface area is 128 Å². The van der Waals surface area contributed by atoms with Crippen LogP contribution in [0.1, 0.15) is 60.8 Å². The fourth-order valence-electron chi connectivity index (χ4n) is 3.33. The summed E-state index contributed by atoms with van der Waals surface area (Å²) in [6.07, 6.45) is 11.2. The molecule has 0 saturated heterocycles. The molecule has 0 radical (unpaired) electrons. The second-order valence-corrected chi connectivity index (χ2v) is 5.98. The van der Waals surface area contributed by atoms with Crippen LogP contribution in [-0.2, 0) is 6.42 Å². The summed E-state index contributed by atoms with van der Waals surface area (Å²) in [6.45, 7) is 2.27. The molecular formula is C21H24. The highest BCUT2D eigenvalue weighted by Gasteiger charge is 2.20. The van der Waals surface area contributed by atoms with E-state index < -0.39 is 0 Å². The van der Waals surface area contributed by atoms with Crippen LogP contribution in [0.5, 0.6) is 0 Å². The Morgan fingerprint density at radius 1 is 0.810 bits per heavy atom. The minimum absolute atomic E-state index is 0.448. The molecule has 0 heteroatoms. The highest BCUT2D eigenvalue weighted by molar-refractivity contribution is 5.65. The summed E-state index contributed by atoms with van der Waals surface area (Å²) in [5, 5.41) is 0. The summed E-state index contributed by atoms with van der Waals surface area (Å²) in [4.78, 5) is 0. The van der Waals surface area contributed by atoms with Gasteiger partial charge in [-0.15, -0.1) is 0 Å². The second kappa shape index (κ2) is 6.76. The Balaban J connectivity index is 1.82. The third kappa shape index (κ3) is 3.10. The summed E-state index contributed by atoms with van der Waals surface area (Å²) >= 11 is 0. The molecule has 1 aliphatic carbocycles. The van der Waals surface area contributed by atoms with Gasteiger partial charge >= 0.3 is 0 Å². The largest absolute Gasteiger partial charge is 0.0720 e. The van der Waals surface area contributed by atoms with E-state index in [-0.39, 0.29) is 0 Å². The van der Waals surface area contributed by atoms with Crippen molar-refractivity contribution in [1.82, 2.24) is 0 Å². The van der Waals surface area contributed by atoms with Gasteiger partial charge < -0.3 is 0 Å². The topological polar surface area (TPSA) is 0 Å². The van der Waals surface area contributed by atoms with Crippen LogP contribution >= 0.6 is 0 Å². The normalized spacial score (nSPS) is 16.1. The van der Waals surface area contributed by atoms with E-state index in [2.05, 4.69) is 67.6 Å². The van der Waals surface area contributed by atoms with Crippen molar-refractivity contribution in [3.05, 3.63) is 76.9 Å². The van der Waals surface area contributed by atoms with Crippen LogP contribution < -0.4 is 0 Å². The van der Waals surface area contributed by atoms with E-state index in [1.54, 1.807) is 0 Å². The molecule has 3 rings (SSSR count). The number of benzene rings is 2. The predicted octanol–water partition coefficient (Wildman–Crippen LogP) is 5.97. The third-order valence-electron chi connectivity index (χ3n) is 4.49. The molecule has 0 heterocycles. The Kier molecular flexibility index (Phi) is 4.55. The van der Waals surface area contributed by atoms with Gasteiger partial charge in [-0.05, 0) is 35.1 Å². The minimum Gasteiger partial charge on any atom is -0.0720 e. The highest BCUT2D eigenvalue weighted by atomic mass is 14.2. The molecule has 0 N–H and O–H groups in total. The molecular weight excluding hydrogens is 252 g/mol. The number of fused-ring (bicyclic) bond motifs is 1. The molecule has 0 nitrogen and oxygen atoms in total. The maximum Gasteiger partial charge on any atom is 0.0281 e. The second-order valence-electron chi connectivity index (χ2n) is 5.98. The van der Waals surface area contributed by atoms with Crippen molar-refractivity contribution in [2.75, 3.05) is 0 Å². The number of hydrogen-bond donors (Lipinski definition) is 0. The van der Waals surface area contributed by atoms with Crippen LogP contribution in [0, 0.1) is 0 Å². The van der Waals surface area contributed by atoms with E-state index in [0.29, 0.717) is 5.92 Å². The van der Waals surface area contributed by atoms with Crippen molar-refractivity contribution in [3.63, 3.8) is 0 Å². The van der Waals surface area contributed by atoms with E-state index in [1.165, 1.54) is 54.4 Å². The zero-order valence-electron chi connectivity index (χ0n) is 12.9. The molecule has 108 valence electrons. The first-order chi connectivity index (χ1) is 10.4. The van der Waals surface area contributed by atoms with Crippen LogP contribution in [-0.4, -0.2) is 0 Å². The van der Waals surface area contributed by atoms with Gasteiger partial charge in [-0.3, -0.25) is 0 Å². The lowest BCUT2D eigenvalue weighted by Gasteiger charge is -2.16. The smallest absolute Gasteiger partial charge is 0.0281 e. The summed E-state index contributed by atoms with van der Waals surface area (Å²) in [7, 11) is 0. The van der Waals surface area contributed by atoms with Crippen molar-refractivity contribution < 1.29 is 0 Å². The quantitative estimate of drug-likeness (QED) is 0.570. The molecule has 0 amide bonds. The van der Waals surface area contributed by atoms with Gasteiger partial charge in [0.1, 0.15) is 0 Å². The average molecular weight is 276 g/mol. The highest BCUT2D eigenvalue weighted by Crippen LogP contribution is 2.36. The SMILES string of the molecule is CCCCCCc1ccccc1C1C=Cc2ccccc21. The predicted molar refractivity (Wildman–Crippen MR) is 91.6 cm³/mol. The molecule has 0 aromatic heterocycles. The summed E-state index contributed by atoms with van der Waals surface area (Å²) in [5.74, 6) is 0.448. The van der Waals surface area contributed by atoms with E-state index in [9.17, 15) is 0 Å². The van der Waals surface area contributed by atoms with Crippen LogP contribution in [0.2, 0.25) is 0 Å². The van der Waals surface area contributed by atoms with Gasteiger partial charge in [0.25, 0.3) is 0 Å². The van der Waals surface area contributed by atoms with E-state index in [4.69, 9.17) is 0 Å². The minimum atomic E-state index is 0.448. The first kappa shape index (κ1) is 14.1. The van der Waals surface area contributed by atoms with Gasteiger partial charge in [0, 0.05) is 5.92 Å². The van der Waals surface area contributed by atoms with E-state index >= 15 is 0 Å². The maximum absolute atomic E-state index is 2.36. The van der Waals surface area contributed by atoms with E-state index in [1.807, 2.05) is 0 Å². The molecule has 2 aromatic rings. The number of unbranched alkanes of at least 4 members (excludes halogenated alkanes) is 3. The van der Waals surface area contributed by atoms with E-state index in [0.717, 1.165) is 0 Å². The van der Waals surface area contributed by atoms with Crippen LogP contribution in [0.25, 0.3) is 6.08 Å². The van der Waals surface area contributed by atoms with Crippen molar-refractivity contribution in [1.29, 1.82) is 0 Å². The first-order valence-electron chi connectivity index (χ1n) is 8.25. The molecule has 0 bridgehead atoms. The van der Waals surface area contributed by atoms with Gasteiger partial charge in [0.2, 0.25) is 0 Å². The zero-order chi connectivity index (χ0) is 14.5. The van der Waals surface area contributed by atoms with Gasteiger partial charge in [0.15, 0.2) is 0 Å². The molecule has 0 spiro atoms. The van der Waals surface area contributed by atoms with Crippen molar-refractivity contribution in [2.24, 2.45) is 0 Å². The fourth-order valence-corrected chi connectivity index (χ4v) is 3.33. The monoisotopic (exact) mass is 276 g/mol. The summed E-state index contributed by atoms with van der Waals surface area (Å²) < 4.78 is 0. The van der Waals surface area contributed by atoms with Crippen molar-refractivity contribution in [2.45, 2.75) is 44.9 Å². The molecule has 1 unspecified atom stereocenters. The molecule has 21 heavy (non-hydrogen) atoms. The first-order valence-corrected chi connectivity index (χ1v) is 8.25. The van der Waals surface area contributed by atoms with Crippen molar-refractivity contribution in [3.8, 4) is 0 Å². The van der Waals surface area contributed by atoms with Gasteiger partial charge in [0.05, 0.1) is 0 Å². The van der Waals surface area contributed by atoms with Gasteiger partial charge in [-0.2, -0.15) is 0 Å². The van der Waals surface area contributed by atoms with Gasteiger partial charge in [-0.1, -0.05) is 86.9 Å². The maximum atomic E-state index is 2.36. The molecule has 1 aliphatic rings. The average Bonchev–Trinajstić information content (AvgIpc) is 2.96. The fraction of sp³-hybridized carbons (Fsp3) is 0.333. The Bertz CT molecular complexity index is 621. The van der Waals surface area contributed by atoms with Gasteiger partial charge in [-0.25, -0.2) is 0 Å². The lowest BCUT2D eigenvalue weighted by atomic mass is 9.88. The zero-order valence-corrected chi connectivity index (χ0v) is 12.9. The molecule has 2 aromatic carbocycles. The molecule has 1 atom stereocenters. The lowest BCUT2D eigenvalue weighted by molar-refractivity contribution is 0.664. The number of allylic oxidation sites excluding steroid dienone is 1. The molecule has 0 aliphatic heterocycles.